The Morgan fingerprint density at radius 3 is 2.44 bits per heavy atom. The Bertz CT molecular complexity index is 620. The molecule has 0 spiro atoms. The summed E-state index contributed by atoms with van der Waals surface area (Å²) < 4.78 is 0. The molecule has 5 heteroatoms. The van der Waals surface area contributed by atoms with Crippen molar-refractivity contribution >= 4 is 23.4 Å². The second-order valence-corrected chi connectivity index (χ2v) is 7.80. The Morgan fingerprint density at radius 1 is 1.16 bits per heavy atom. The fourth-order valence-electron chi connectivity index (χ4n) is 4.19. The first-order valence-corrected chi connectivity index (χ1v) is 9.73. The van der Waals surface area contributed by atoms with E-state index in [1.807, 2.05) is 23.1 Å². The van der Waals surface area contributed by atoms with Crippen LogP contribution in [0.25, 0.3) is 0 Å². The lowest BCUT2D eigenvalue weighted by Crippen LogP contribution is -2.43. The van der Waals surface area contributed by atoms with Crippen LogP contribution in [0.2, 0.25) is 5.02 Å². The first-order chi connectivity index (χ1) is 12.0. The van der Waals surface area contributed by atoms with E-state index in [4.69, 9.17) is 11.6 Å². The average Bonchev–Trinajstić information content (AvgIpc) is 3.13. The van der Waals surface area contributed by atoms with Crippen molar-refractivity contribution in [2.45, 2.75) is 51.5 Å². The molecule has 1 aliphatic heterocycles. The minimum absolute atomic E-state index is 0.00122. The molecule has 4 nitrogen and oxygen atoms in total. The molecule has 25 heavy (non-hydrogen) atoms. The number of halogens is 1. The van der Waals surface area contributed by atoms with Crippen molar-refractivity contribution in [1.29, 1.82) is 0 Å². The lowest BCUT2D eigenvalue weighted by Gasteiger charge is -2.33. The summed E-state index contributed by atoms with van der Waals surface area (Å²) in [6, 6.07) is 7.91. The third-order valence-electron chi connectivity index (χ3n) is 5.69. The van der Waals surface area contributed by atoms with Gasteiger partial charge in [0.25, 0.3) is 0 Å². The van der Waals surface area contributed by atoms with Gasteiger partial charge in [-0.1, -0.05) is 36.6 Å². The van der Waals surface area contributed by atoms with Gasteiger partial charge in [0.2, 0.25) is 11.8 Å². The van der Waals surface area contributed by atoms with Crippen molar-refractivity contribution in [2.75, 3.05) is 13.1 Å². The average molecular weight is 363 g/mol. The van der Waals surface area contributed by atoms with Crippen molar-refractivity contribution < 1.29 is 9.59 Å². The van der Waals surface area contributed by atoms with Crippen LogP contribution in [0.5, 0.6) is 0 Å². The van der Waals surface area contributed by atoms with Crippen LogP contribution < -0.4 is 5.32 Å². The summed E-state index contributed by atoms with van der Waals surface area (Å²) in [5, 5.41) is 4.03. The zero-order valence-corrected chi connectivity index (χ0v) is 15.6. The maximum atomic E-state index is 12.9. The Labute approximate surface area is 154 Å². The van der Waals surface area contributed by atoms with E-state index < -0.39 is 0 Å². The van der Waals surface area contributed by atoms with Gasteiger partial charge < -0.3 is 10.2 Å². The molecule has 0 aromatic heterocycles. The van der Waals surface area contributed by atoms with Crippen molar-refractivity contribution in [2.24, 2.45) is 11.8 Å². The number of hydrogen-bond acceptors (Lipinski definition) is 2. The van der Waals surface area contributed by atoms with Crippen molar-refractivity contribution in [3.8, 4) is 0 Å². The third-order valence-corrected chi connectivity index (χ3v) is 5.92. The van der Waals surface area contributed by atoms with Gasteiger partial charge in [-0.15, -0.1) is 0 Å². The van der Waals surface area contributed by atoms with E-state index in [1.54, 1.807) is 6.92 Å². The molecule has 1 aromatic carbocycles. The molecule has 1 heterocycles. The Morgan fingerprint density at radius 2 is 1.84 bits per heavy atom. The smallest absolute Gasteiger partial charge is 0.223 e. The molecule has 1 aliphatic carbocycles. The predicted molar refractivity (Wildman–Crippen MR) is 99.3 cm³/mol. The molecule has 2 fully saturated rings. The molecule has 1 N–H and O–H groups in total. The van der Waals surface area contributed by atoms with Gasteiger partial charge in [0.1, 0.15) is 0 Å². The quantitative estimate of drug-likeness (QED) is 0.881. The molecule has 1 aromatic rings. The summed E-state index contributed by atoms with van der Waals surface area (Å²) >= 11 is 6.18. The number of likely N-dealkylation sites (tertiary alicyclic amines) is 1. The SMILES string of the molecule is CC(=O)N1CCC(C(=O)N[C@H](c2cccc(Cl)c2)C2CCCC2)CC1. The highest BCUT2D eigenvalue weighted by atomic mass is 35.5. The van der Waals surface area contributed by atoms with Crippen LogP contribution in [0.3, 0.4) is 0 Å². The second kappa shape index (κ2) is 8.22. The van der Waals surface area contributed by atoms with Crippen LogP contribution in [0.1, 0.15) is 57.1 Å². The van der Waals surface area contributed by atoms with E-state index in [2.05, 4.69) is 11.4 Å². The Hall–Kier alpha value is -1.55. The van der Waals surface area contributed by atoms with Crippen LogP contribution in [-0.2, 0) is 9.59 Å². The molecule has 1 atom stereocenters. The highest BCUT2D eigenvalue weighted by Crippen LogP contribution is 2.36. The number of piperidine rings is 1. The van der Waals surface area contributed by atoms with E-state index in [0.717, 1.165) is 31.2 Å². The minimum atomic E-state index is -0.00122. The number of benzene rings is 1. The van der Waals surface area contributed by atoms with Gasteiger partial charge in [0, 0.05) is 31.0 Å². The molecule has 0 unspecified atom stereocenters. The van der Waals surface area contributed by atoms with E-state index in [9.17, 15) is 9.59 Å². The van der Waals surface area contributed by atoms with Crippen molar-refractivity contribution in [3.63, 3.8) is 0 Å². The van der Waals surface area contributed by atoms with E-state index in [0.29, 0.717) is 24.0 Å². The minimum Gasteiger partial charge on any atom is -0.349 e. The summed E-state index contributed by atoms with van der Waals surface area (Å²) in [4.78, 5) is 26.1. The molecule has 1 saturated carbocycles. The largest absolute Gasteiger partial charge is 0.349 e. The van der Waals surface area contributed by atoms with Gasteiger partial charge in [-0.05, 0) is 49.3 Å². The summed E-state index contributed by atoms with van der Waals surface area (Å²) in [7, 11) is 0. The predicted octanol–water partition coefficient (Wildman–Crippen LogP) is 3.95. The van der Waals surface area contributed by atoms with Crippen LogP contribution in [0.4, 0.5) is 0 Å². The zero-order valence-electron chi connectivity index (χ0n) is 14.8. The number of carbonyl (C=O) groups is 2. The van der Waals surface area contributed by atoms with E-state index >= 15 is 0 Å². The van der Waals surface area contributed by atoms with Gasteiger partial charge in [0.15, 0.2) is 0 Å². The number of nitrogens with one attached hydrogen (secondary N) is 1. The van der Waals surface area contributed by atoms with E-state index in [-0.39, 0.29) is 23.8 Å². The van der Waals surface area contributed by atoms with Gasteiger partial charge in [-0.2, -0.15) is 0 Å². The highest BCUT2D eigenvalue weighted by Gasteiger charge is 2.31. The van der Waals surface area contributed by atoms with Gasteiger partial charge >= 0.3 is 0 Å². The maximum absolute atomic E-state index is 12.9. The third kappa shape index (κ3) is 4.55. The Kier molecular flexibility index (Phi) is 6.00. The number of rotatable bonds is 4. The lowest BCUT2D eigenvalue weighted by atomic mass is 9.89. The normalized spacial score (nSPS) is 20.5. The van der Waals surface area contributed by atoms with Crippen LogP contribution in [-0.4, -0.2) is 29.8 Å². The molecular weight excluding hydrogens is 336 g/mol. The van der Waals surface area contributed by atoms with Gasteiger partial charge in [-0.3, -0.25) is 9.59 Å². The highest BCUT2D eigenvalue weighted by molar-refractivity contribution is 6.30. The molecule has 3 rings (SSSR count). The van der Waals surface area contributed by atoms with E-state index in [1.165, 1.54) is 12.8 Å². The molecular formula is C20H27ClN2O2. The number of amides is 2. The molecule has 1 saturated heterocycles. The van der Waals surface area contributed by atoms with Crippen molar-refractivity contribution in [1.82, 2.24) is 10.2 Å². The molecule has 0 radical (unpaired) electrons. The van der Waals surface area contributed by atoms with Crippen LogP contribution in [0.15, 0.2) is 24.3 Å². The number of carbonyl (C=O) groups excluding carboxylic acids is 2. The summed E-state index contributed by atoms with van der Waals surface area (Å²) in [6.07, 6.45) is 6.26. The zero-order chi connectivity index (χ0) is 17.8. The van der Waals surface area contributed by atoms with Gasteiger partial charge in [-0.25, -0.2) is 0 Å². The maximum Gasteiger partial charge on any atom is 0.223 e. The fraction of sp³-hybridized carbons (Fsp3) is 0.600. The lowest BCUT2D eigenvalue weighted by molar-refractivity contribution is -0.134. The van der Waals surface area contributed by atoms with Gasteiger partial charge in [0.05, 0.1) is 6.04 Å². The number of hydrogen-bond donors (Lipinski definition) is 1. The first kappa shape index (κ1) is 18.2. The first-order valence-electron chi connectivity index (χ1n) is 9.36. The molecule has 136 valence electrons. The second-order valence-electron chi connectivity index (χ2n) is 7.37. The summed E-state index contributed by atoms with van der Waals surface area (Å²) in [5.74, 6) is 0.708. The molecule has 2 aliphatic rings. The summed E-state index contributed by atoms with van der Waals surface area (Å²) in [5.41, 5.74) is 1.11. The summed E-state index contributed by atoms with van der Waals surface area (Å²) in [6.45, 7) is 2.95. The molecule has 2 amide bonds. The van der Waals surface area contributed by atoms with Crippen LogP contribution in [0, 0.1) is 11.8 Å². The van der Waals surface area contributed by atoms with Crippen LogP contribution >= 0.6 is 11.6 Å². The standard InChI is InChI=1S/C20H27ClN2O2/c1-14(24)23-11-9-16(10-12-23)20(25)22-19(15-5-2-3-6-15)17-7-4-8-18(21)13-17/h4,7-8,13,15-16,19H,2-3,5-6,9-12H2,1H3,(H,22,25)/t19-/m0/s1. The topological polar surface area (TPSA) is 49.4 Å². The molecule has 0 bridgehead atoms. The Balaban J connectivity index is 1.68. The fourth-order valence-corrected chi connectivity index (χ4v) is 4.39. The van der Waals surface area contributed by atoms with Crippen molar-refractivity contribution in [3.05, 3.63) is 34.9 Å². The number of nitrogens with zero attached hydrogens (tertiary/aromatic N) is 1. The monoisotopic (exact) mass is 362 g/mol.